The third-order valence-corrected chi connectivity index (χ3v) is 15.2. The number of hydrogen-bond acceptors (Lipinski definition) is 17. The van der Waals surface area contributed by atoms with Gasteiger partial charge in [0.1, 0.15) is 47.2 Å². The molecular formula is C58H62N12O8. The van der Waals surface area contributed by atoms with Crippen molar-refractivity contribution in [3.05, 3.63) is 133 Å². The molecule has 4 aliphatic rings. The van der Waals surface area contributed by atoms with Crippen LogP contribution in [0.5, 0.6) is 23.3 Å². The molecule has 3 saturated heterocycles. The van der Waals surface area contributed by atoms with E-state index in [1.54, 1.807) is 36.7 Å². The normalized spacial score (nSPS) is 21.3. The van der Waals surface area contributed by atoms with Crippen molar-refractivity contribution in [2.24, 2.45) is 5.92 Å². The third kappa shape index (κ3) is 11.0. The monoisotopic (exact) mass is 1050 g/mol. The van der Waals surface area contributed by atoms with Gasteiger partial charge in [0, 0.05) is 98.6 Å². The van der Waals surface area contributed by atoms with Gasteiger partial charge in [-0.15, -0.1) is 10.2 Å². The van der Waals surface area contributed by atoms with Gasteiger partial charge in [0.25, 0.3) is 5.88 Å². The number of carbonyl (C=O) groups is 2. The van der Waals surface area contributed by atoms with Gasteiger partial charge in [-0.25, -0.2) is 15.0 Å². The lowest BCUT2D eigenvalue weighted by Gasteiger charge is -2.43. The number of fused-ring (bicyclic) bond motifs is 2. The van der Waals surface area contributed by atoms with Gasteiger partial charge in [-0.1, -0.05) is 44.0 Å². The number of anilines is 3. The van der Waals surface area contributed by atoms with E-state index in [0.29, 0.717) is 47.2 Å². The van der Waals surface area contributed by atoms with Crippen molar-refractivity contribution in [2.45, 2.75) is 108 Å². The van der Waals surface area contributed by atoms with Crippen LogP contribution < -0.4 is 35.1 Å². The molecule has 0 spiro atoms. The average molecular weight is 1060 g/mol. The molecule has 11 rings (SSSR count). The highest BCUT2D eigenvalue weighted by Crippen LogP contribution is 2.41. The number of aromatic nitrogens is 7. The van der Waals surface area contributed by atoms with Crippen LogP contribution in [0.3, 0.4) is 0 Å². The lowest BCUT2D eigenvalue weighted by molar-refractivity contribution is -0.141. The zero-order chi connectivity index (χ0) is 54.0. The first kappa shape index (κ1) is 51.4. The molecule has 1 saturated carbocycles. The summed E-state index contributed by atoms with van der Waals surface area (Å²) >= 11 is 0. The first-order valence-electron chi connectivity index (χ1n) is 26.5. The number of ether oxygens (including phenoxy) is 3. The van der Waals surface area contributed by atoms with Gasteiger partial charge < -0.3 is 59.3 Å². The number of carbonyl (C=O) groups excluding carboxylic acids is 2. The SMILES string of the molecule is Cc1nccn1-c1ccc([C@H](C)NC(=O)[C@@H]2C[C@@H](O)CN2C(=O)[C@@H](c2cc(OCC#Cc3ccc(OC4CC(Oc5cc(N6C7CCC6CN(c6cc(-c8ccccc8O)nnc6N)C7)ccn5)C4)cn3)no2)C(C)C)cc1. The van der Waals surface area contributed by atoms with Crippen LogP contribution in [-0.2, 0) is 9.59 Å². The molecule has 78 heavy (non-hydrogen) atoms. The van der Waals surface area contributed by atoms with Crippen molar-refractivity contribution in [3.8, 4) is 52.0 Å². The molecule has 2 bridgehead atoms. The Morgan fingerprint density at radius 1 is 0.859 bits per heavy atom. The van der Waals surface area contributed by atoms with E-state index in [2.05, 4.69) is 57.3 Å². The first-order valence-corrected chi connectivity index (χ1v) is 26.5. The number of nitrogens with one attached hydrogen (secondary N) is 1. The van der Waals surface area contributed by atoms with E-state index >= 15 is 0 Å². The molecule has 7 aromatic rings. The van der Waals surface area contributed by atoms with Crippen molar-refractivity contribution in [1.82, 2.24) is 45.1 Å². The van der Waals surface area contributed by atoms with Crippen molar-refractivity contribution in [1.29, 1.82) is 0 Å². The summed E-state index contributed by atoms with van der Waals surface area (Å²) in [4.78, 5) is 47.4. The molecule has 4 fully saturated rings. The molecule has 0 radical (unpaired) electrons. The molecule has 8 heterocycles. The highest BCUT2D eigenvalue weighted by Gasteiger charge is 2.44. The zero-order valence-electron chi connectivity index (χ0n) is 43.8. The van der Waals surface area contributed by atoms with Crippen LogP contribution in [0.4, 0.5) is 17.2 Å². The molecule has 20 heteroatoms. The molecule has 6 atom stereocenters. The number of β-amino-alcohol motifs (C(OH)–C–C–N with tert-alkyl or cyclic N) is 1. The van der Waals surface area contributed by atoms with Gasteiger partial charge in [-0.3, -0.25) is 9.59 Å². The van der Waals surface area contributed by atoms with E-state index in [9.17, 15) is 19.8 Å². The molecular weight excluding hydrogens is 993 g/mol. The Morgan fingerprint density at radius 3 is 2.37 bits per heavy atom. The summed E-state index contributed by atoms with van der Waals surface area (Å²) < 4.78 is 26.0. The van der Waals surface area contributed by atoms with E-state index in [1.807, 2.05) is 105 Å². The summed E-state index contributed by atoms with van der Waals surface area (Å²) in [5, 5.41) is 36.8. The Hall–Kier alpha value is -8.70. The van der Waals surface area contributed by atoms with Crippen molar-refractivity contribution in [3.63, 3.8) is 0 Å². The van der Waals surface area contributed by atoms with Crippen LogP contribution >= 0.6 is 0 Å². The Kier molecular flexibility index (Phi) is 14.6. The van der Waals surface area contributed by atoms with Crippen LogP contribution in [0.1, 0.15) is 87.7 Å². The summed E-state index contributed by atoms with van der Waals surface area (Å²) in [6.07, 6.45) is 9.80. The topological polar surface area (TPSA) is 245 Å². The van der Waals surface area contributed by atoms with Gasteiger partial charge in [-0.05, 0) is 97.8 Å². The number of rotatable bonds is 16. The van der Waals surface area contributed by atoms with E-state index in [-0.39, 0.29) is 85.0 Å². The number of hydrogen-bond donors (Lipinski definition) is 4. The van der Waals surface area contributed by atoms with Crippen molar-refractivity contribution >= 4 is 29.0 Å². The maximum atomic E-state index is 14.2. The van der Waals surface area contributed by atoms with E-state index in [0.717, 1.165) is 54.4 Å². The number of para-hydroxylation sites is 1. The molecule has 2 unspecified atom stereocenters. The fraction of sp³-hybridized carbons (Fsp3) is 0.379. The Labute approximate surface area is 451 Å². The largest absolute Gasteiger partial charge is 0.507 e. The minimum absolute atomic E-state index is 0.0146. The Balaban J connectivity index is 0.627. The standard InChI is InChI=1S/C58H62N12O8/c1-34(2)55(58(74)69-33-43(71)25-50(69)57(73)63-35(3)37-11-14-39(15-12-37)68-22-21-60-36(68)4)52-29-54(66-78-52)75-23-7-8-38-13-18-44(30-62-38)76-45-26-46(27-45)77-53-24-40(19-20-61-53)70-41-16-17-42(70)32-67(31-41)49-28-48(64-65-56(49)59)47-9-5-6-10-51(47)72/h5-6,9-15,18-22,24,28-30,34-35,41-43,45-46,50,55,71-72H,16-17,23,25-27,31-33H2,1-4H3,(H2,59,65)(H,63,73)/t35-,41?,42?,43+,45?,46?,50-,55+/m0/s1. The number of piperazine rings is 1. The highest BCUT2D eigenvalue weighted by atomic mass is 16.5. The smallest absolute Gasteiger partial charge is 0.255 e. The number of aliphatic hydroxyl groups is 1. The molecule has 2 amide bonds. The van der Waals surface area contributed by atoms with Crippen LogP contribution in [0.25, 0.3) is 16.9 Å². The average Bonchev–Trinajstić information content (AvgIpc) is 4.28. The van der Waals surface area contributed by atoms with Crippen molar-refractivity contribution in [2.75, 3.05) is 41.8 Å². The van der Waals surface area contributed by atoms with Gasteiger partial charge in [0.05, 0.1) is 29.7 Å². The summed E-state index contributed by atoms with van der Waals surface area (Å²) in [6, 6.07) is 25.4. The second-order valence-corrected chi connectivity index (χ2v) is 20.8. The Bertz CT molecular complexity index is 3320. The molecule has 5 aromatic heterocycles. The molecule has 402 valence electrons. The maximum Gasteiger partial charge on any atom is 0.255 e. The number of imidazole rings is 1. The minimum atomic E-state index is -0.866. The fourth-order valence-corrected chi connectivity index (χ4v) is 11.1. The number of aryl methyl sites for hydroxylation is 1. The zero-order valence-corrected chi connectivity index (χ0v) is 43.8. The molecule has 2 aromatic carbocycles. The van der Waals surface area contributed by atoms with Crippen LogP contribution in [0, 0.1) is 24.7 Å². The third-order valence-electron chi connectivity index (χ3n) is 15.2. The van der Waals surface area contributed by atoms with Crippen molar-refractivity contribution < 1.29 is 38.5 Å². The Morgan fingerprint density at radius 2 is 1.64 bits per heavy atom. The molecule has 5 N–H and O–H groups in total. The number of nitrogen functional groups attached to an aromatic ring is 1. The van der Waals surface area contributed by atoms with Crippen LogP contribution in [0.15, 0.2) is 114 Å². The lowest BCUT2D eigenvalue weighted by atomic mass is 9.91. The second kappa shape index (κ2) is 22.1. The quantitative estimate of drug-likeness (QED) is 0.0749. The number of phenolic OH excluding ortho intramolecular Hbond substituents is 1. The number of likely N-dealkylation sites (tertiary alicyclic amines) is 1. The minimum Gasteiger partial charge on any atom is -0.507 e. The molecule has 1 aliphatic carbocycles. The molecule has 20 nitrogen and oxygen atoms in total. The first-order chi connectivity index (χ1) is 37.8. The number of aromatic hydroxyl groups is 1. The predicted octanol–water partition coefficient (Wildman–Crippen LogP) is 6.56. The van der Waals surface area contributed by atoms with E-state index in [4.69, 9.17) is 24.5 Å². The summed E-state index contributed by atoms with van der Waals surface area (Å²) in [7, 11) is 0. The van der Waals surface area contributed by atoms with E-state index < -0.39 is 18.1 Å². The predicted molar refractivity (Wildman–Crippen MR) is 289 cm³/mol. The number of nitrogens with two attached hydrogens (primary N) is 1. The number of phenols is 1. The van der Waals surface area contributed by atoms with Gasteiger partial charge >= 0.3 is 0 Å². The second-order valence-electron chi connectivity index (χ2n) is 20.8. The summed E-state index contributed by atoms with van der Waals surface area (Å²) in [5.74, 6) is 7.30. The van der Waals surface area contributed by atoms with Gasteiger partial charge in [0.15, 0.2) is 18.2 Å². The summed E-state index contributed by atoms with van der Waals surface area (Å²) in [5.41, 5.74) is 11.9. The maximum absolute atomic E-state index is 14.2. The number of pyridine rings is 2. The lowest BCUT2D eigenvalue weighted by Crippen LogP contribution is -2.54. The van der Waals surface area contributed by atoms with Gasteiger partial charge in [-0.2, -0.15) is 0 Å². The number of nitrogens with zero attached hydrogens (tertiary/aromatic N) is 10. The number of benzene rings is 2. The number of amides is 2. The van der Waals surface area contributed by atoms with Crippen LogP contribution in [0.2, 0.25) is 0 Å². The highest BCUT2D eigenvalue weighted by molar-refractivity contribution is 5.91. The van der Waals surface area contributed by atoms with Crippen LogP contribution in [-0.4, -0.2) is 124 Å². The fourth-order valence-electron chi connectivity index (χ4n) is 11.1. The van der Waals surface area contributed by atoms with Gasteiger partial charge in [0.2, 0.25) is 17.7 Å². The number of aliphatic hydroxyl groups excluding tert-OH is 1. The molecule has 3 aliphatic heterocycles. The summed E-state index contributed by atoms with van der Waals surface area (Å²) in [6.45, 7) is 9.14. The van der Waals surface area contributed by atoms with E-state index in [1.165, 1.54) is 4.90 Å².